The van der Waals surface area contributed by atoms with Crippen LogP contribution in [-0.2, 0) is 23.8 Å². The summed E-state index contributed by atoms with van der Waals surface area (Å²) in [6, 6.07) is 0. The molecule has 0 saturated carbocycles. The molecule has 0 aromatic rings. The Hall–Kier alpha value is -1.79. The van der Waals surface area contributed by atoms with E-state index in [2.05, 4.69) is 0 Å². The highest BCUT2D eigenvalue weighted by Gasteiger charge is 2.22. The van der Waals surface area contributed by atoms with E-state index in [1.165, 1.54) is 18.7 Å². The van der Waals surface area contributed by atoms with E-state index in [9.17, 15) is 14.4 Å². The van der Waals surface area contributed by atoms with E-state index >= 15 is 0 Å². The number of esters is 2. The van der Waals surface area contributed by atoms with Gasteiger partial charge in [0.1, 0.15) is 18.8 Å². The van der Waals surface area contributed by atoms with Crippen LogP contribution in [0.3, 0.4) is 0 Å². The first kappa shape index (κ1) is 18.2. The standard InChI is InChI=1S/C13H23NO6/c1-10(15)18-8-6-14(7-9-19-11(2)16)12(17)20-13(3,4)5/h6-9H2,1-5H3. The van der Waals surface area contributed by atoms with Crippen molar-refractivity contribution in [2.45, 2.75) is 40.2 Å². The number of nitrogens with zero attached hydrogens (tertiary/aromatic N) is 1. The molecule has 0 radical (unpaired) electrons. The molecular weight excluding hydrogens is 266 g/mol. The van der Waals surface area contributed by atoms with Gasteiger partial charge in [0.25, 0.3) is 0 Å². The van der Waals surface area contributed by atoms with Crippen LogP contribution in [0.25, 0.3) is 0 Å². The Morgan fingerprint density at radius 1 is 0.900 bits per heavy atom. The van der Waals surface area contributed by atoms with Gasteiger partial charge in [-0.15, -0.1) is 0 Å². The van der Waals surface area contributed by atoms with Gasteiger partial charge < -0.3 is 19.1 Å². The summed E-state index contributed by atoms with van der Waals surface area (Å²) in [6.07, 6.45) is -0.545. The van der Waals surface area contributed by atoms with E-state index in [1.807, 2.05) is 0 Å². The molecule has 20 heavy (non-hydrogen) atoms. The fourth-order valence-electron chi connectivity index (χ4n) is 1.22. The summed E-state index contributed by atoms with van der Waals surface area (Å²) in [6.45, 7) is 8.31. The quantitative estimate of drug-likeness (QED) is 0.542. The highest BCUT2D eigenvalue weighted by molar-refractivity contribution is 5.69. The third-order valence-corrected chi connectivity index (χ3v) is 1.98. The van der Waals surface area contributed by atoms with Crippen LogP contribution in [0.2, 0.25) is 0 Å². The number of amides is 1. The van der Waals surface area contributed by atoms with Gasteiger partial charge in [0, 0.05) is 13.8 Å². The van der Waals surface area contributed by atoms with Crippen molar-refractivity contribution in [1.82, 2.24) is 4.90 Å². The lowest BCUT2D eigenvalue weighted by Gasteiger charge is -2.27. The van der Waals surface area contributed by atoms with Crippen molar-refractivity contribution < 1.29 is 28.6 Å². The highest BCUT2D eigenvalue weighted by Crippen LogP contribution is 2.09. The summed E-state index contributed by atoms with van der Waals surface area (Å²) < 4.78 is 14.8. The Kier molecular flexibility index (Phi) is 7.64. The predicted molar refractivity (Wildman–Crippen MR) is 71.1 cm³/mol. The molecule has 0 fully saturated rings. The molecule has 0 aromatic heterocycles. The molecule has 0 aromatic carbocycles. The van der Waals surface area contributed by atoms with Gasteiger partial charge in [-0.05, 0) is 20.8 Å². The first-order valence-electron chi connectivity index (χ1n) is 6.36. The van der Waals surface area contributed by atoms with Crippen molar-refractivity contribution in [3.63, 3.8) is 0 Å². The number of hydrogen-bond donors (Lipinski definition) is 0. The van der Waals surface area contributed by atoms with Gasteiger partial charge in [0.05, 0.1) is 13.1 Å². The molecule has 1 amide bonds. The minimum atomic E-state index is -0.627. The Bertz CT molecular complexity index is 327. The normalized spacial score (nSPS) is 10.7. The van der Waals surface area contributed by atoms with Crippen LogP contribution in [0.15, 0.2) is 0 Å². The lowest BCUT2D eigenvalue weighted by molar-refractivity contribution is -0.141. The minimum Gasteiger partial charge on any atom is -0.464 e. The molecule has 0 unspecified atom stereocenters. The zero-order valence-electron chi connectivity index (χ0n) is 12.7. The van der Waals surface area contributed by atoms with Crippen LogP contribution in [0.5, 0.6) is 0 Å². The summed E-state index contributed by atoms with van der Waals surface area (Å²) in [5.74, 6) is -0.844. The number of carbonyl (C=O) groups excluding carboxylic acids is 3. The van der Waals surface area contributed by atoms with E-state index in [4.69, 9.17) is 14.2 Å². The van der Waals surface area contributed by atoms with E-state index in [0.29, 0.717) is 0 Å². The van der Waals surface area contributed by atoms with Gasteiger partial charge in [-0.3, -0.25) is 9.59 Å². The van der Waals surface area contributed by atoms with E-state index in [0.717, 1.165) is 0 Å². The van der Waals surface area contributed by atoms with Gasteiger partial charge in [0.2, 0.25) is 0 Å². The molecule has 0 heterocycles. The molecule has 0 bridgehead atoms. The van der Waals surface area contributed by atoms with Gasteiger partial charge in [0.15, 0.2) is 0 Å². The zero-order valence-corrected chi connectivity index (χ0v) is 12.7. The van der Waals surface area contributed by atoms with Crippen molar-refractivity contribution in [3.8, 4) is 0 Å². The number of hydrogen-bond acceptors (Lipinski definition) is 6. The van der Waals surface area contributed by atoms with Crippen LogP contribution in [-0.4, -0.2) is 54.8 Å². The highest BCUT2D eigenvalue weighted by atomic mass is 16.6. The van der Waals surface area contributed by atoms with Crippen LogP contribution in [0, 0.1) is 0 Å². The third kappa shape index (κ3) is 10.2. The Morgan fingerprint density at radius 3 is 1.60 bits per heavy atom. The summed E-state index contributed by atoms with van der Waals surface area (Å²) in [5.41, 5.74) is -0.627. The molecule has 0 N–H and O–H groups in total. The summed E-state index contributed by atoms with van der Waals surface area (Å²) in [5, 5.41) is 0. The SMILES string of the molecule is CC(=O)OCCN(CCOC(C)=O)C(=O)OC(C)(C)C. The summed E-state index contributed by atoms with van der Waals surface area (Å²) in [4.78, 5) is 34.7. The molecule has 0 aliphatic carbocycles. The number of ether oxygens (including phenoxy) is 3. The van der Waals surface area contributed by atoms with Crippen molar-refractivity contribution in [2.75, 3.05) is 26.3 Å². The third-order valence-electron chi connectivity index (χ3n) is 1.98. The molecule has 0 aliphatic rings. The first-order chi connectivity index (χ1) is 9.11. The maximum Gasteiger partial charge on any atom is 0.410 e. The number of carbonyl (C=O) groups is 3. The van der Waals surface area contributed by atoms with Crippen molar-refractivity contribution in [2.24, 2.45) is 0 Å². The average Bonchev–Trinajstić information content (AvgIpc) is 2.23. The molecule has 0 aliphatic heterocycles. The molecular formula is C13H23NO6. The van der Waals surface area contributed by atoms with Crippen molar-refractivity contribution in [1.29, 1.82) is 0 Å². The number of rotatable bonds is 6. The first-order valence-corrected chi connectivity index (χ1v) is 6.36. The van der Waals surface area contributed by atoms with Crippen molar-refractivity contribution >= 4 is 18.0 Å². The fourth-order valence-corrected chi connectivity index (χ4v) is 1.22. The largest absolute Gasteiger partial charge is 0.464 e. The monoisotopic (exact) mass is 289 g/mol. The smallest absolute Gasteiger partial charge is 0.410 e. The second-order valence-electron chi connectivity index (χ2n) is 5.15. The molecule has 0 spiro atoms. The van der Waals surface area contributed by atoms with Gasteiger partial charge >= 0.3 is 18.0 Å². The molecule has 0 atom stereocenters. The van der Waals surface area contributed by atoms with E-state index < -0.39 is 23.6 Å². The molecule has 116 valence electrons. The fraction of sp³-hybridized carbons (Fsp3) is 0.769. The second kappa shape index (κ2) is 8.39. The van der Waals surface area contributed by atoms with Crippen LogP contribution >= 0.6 is 0 Å². The minimum absolute atomic E-state index is 0.0641. The Balaban J connectivity index is 4.40. The van der Waals surface area contributed by atoms with Gasteiger partial charge in [-0.2, -0.15) is 0 Å². The van der Waals surface area contributed by atoms with Crippen LogP contribution in [0.1, 0.15) is 34.6 Å². The van der Waals surface area contributed by atoms with Crippen LogP contribution in [0.4, 0.5) is 4.79 Å². The van der Waals surface area contributed by atoms with Crippen LogP contribution < -0.4 is 0 Å². The molecule has 7 nitrogen and oxygen atoms in total. The molecule has 0 saturated heterocycles. The average molecular weight is 289 g/mol. The maximum absolute atomic E-state index is 11.9. The zero-order chi connectivity index (χ0) is 15.8. The predicted octanol–water partition coefficient (Wildman–Crippen LogP) is 1.35. The van der Waals surface area contributed by atoms with E-state index in [1.54, 1.807) is 20.8 Å². The van der Waals surface area contributed by atoms with E-state index in [-0.39, 0.29) is 26.3 Å². The van der Waals surface area contributed by atoms with Crippen molar-refractivity contribution in [3.05, 3.63) is 0 Å². The van der Waals surface area contributed by atoms with Gasteiger partial charge in [-0.1, -0.05) is 0 Å². The Labute approximate surface area is 119 Å². The Morgan fingerprint density at radius 2 is 1.30 bits per heavy atom. The second-order valence-corrected chi connectivity index (χ2v) is 5.15. The van der Waals surface area contributed by atoms with Gasteiger partial charge in [-0.25, -0.2) is 4.79 Å². The topological polar surface area (TPSA) is 82.1 Å². The molecule has 7 heteroatoms. The summed E-state index contributed by atoms with van der Waals surface area (Å²) >= 11 is 0. The molecule has 0 rings (SSSR count). The summed E-state index contributed by atoms with van der Waals surface area (Å²) in [7, 11) is 0. The maximum atomic E-state index is 11.9. The lowest BCUT2D eigenvalue weighted by atomic mass is 10.2. The lowest BCUT2D eigenvalue weighted by Crippen LogP contribution is -2.40.